The molecule has 0 aromatic heterocycles. The number of aryl methyl sites for hydroxylation is 2. The van der Waals surface area contributed by atoms with Crippen LogP contribution in [0.4, 0.5) is 0 Å². The Bertz CT molecular complexity index is 851. The summed E-state index contributed by atoms with van der Waals surface area (Å²) in [5.74, 6) is 0.571. The minimum absolute atomic E-state index is 0.0370. The predicted octanol–water partition coefficient (Wildman–Crippen LogP) is 6.91. The molecule has 2 bridgehead atoms. The molecule has 26 heavy (non-hydrogen) atoms. The Morgan fingerprint density at radius 3 is 1.62 bits per heavy atom. The topological polar surface area (TPSA) is 0 Å². The normalized spacial score (nSPS) is 20.8. The first kappa shape index (κ1) is 17.3. The van der Waals surface area contributed by atoms with Crippen LogP contribution in [0, 0.1) is 25.2 Å². The van der Waals surface area contributed by atoms with Gasteiger partial charge in [0.1, 0.15) is 0 Å². The molecule has 3 aliphatic rings. The molecular formula is C26H30. The van der Waals surface area contributed by atoms with E-state index in [0.29, 0.717) is 5.92 Å². The molecule has 3 aliphatic carbocycles. The lowest BCUT2D eigenvalue weighted by molar-refractivity contribution is 0.443. The van der Waals surface area contributed by atoms with Gasteiger partial charge < -0.3 is 0 Å². The Morgan fingerprint density at radius 2 is 1.27 bits per heavy atom. The van der Waals surface area contributed by atoms with Crippen molar-refractivity contribution >= 4 is 0 Å². The summed E-state index contributed by atoms with van der Waals surface area (Å²) >= 11 is 0. The van der Waals surface area contributed by atoms with Crippen molar-refractivity contribution in [3.05, 3.63) is 93.6 Å². The molecular weight excluding hydrogens is 312 g/mol. The molecule has 1 atom stereocenters. The highest BCUT2D eigenvalue weighted by atomic mass is 14.6. The van der Waals surface area contributed by atoms with Gasteiger partial charge in [0.25, 0.3) is 0 Å². The van der Waals surface area contributed by atoms with Crippen LogP contribution in [0.25, 0.3) is 0 Å². The van der Waals surface area contributed by atoms with E-state index < -0.39 is 0 Å². The largest absolute Gasteiger partial charge is 0.0722 e. The monoisotopic (exact) mass is 342 g/mol. The Labute approximate surface area is 158 Å². The molecule has 0 radical (unpaired) electrons. The minimum Gasteiger partial charge on any atom is -0.0722 e. The summed E-state index contributed by atoms with van der Waals surface area (Å²) in [5.41, 5.74) is 10.5. The van der Waals surface area contributed by atoms with Gasteiger partial charge in [-0.05, 0) is 53.5 Å². The van der Waals surface area contributed by atoms with E-state index in [4.69, 9.17) is 0 Å². The molecule has 0 aliphatic heterocycles. The maximum Gasteiger partial charge on any atom is 0.0673 e. The van der Waals surface area contributed by atoms with Crippen LogP contribution in [0.2, 0.25) is 0 Å². The van der Waals surface area contributed by atoms with Gasteiger partial charge in [0, 0.05) is 5.92 Å². The van der Waals surface area contributed by atoms with Crippen molar-refractivity contribution in [3.8, 4) is 0 Å². The van der Waals surface area contributed by atoms with E-state index in [0.717, 1.165) is 0 Å². The van der Waals surface area contributed by atoms with Crippen molar-refractivity contribution < 1.29 is 0 Å². The smallest absolute Gasteiger partial charge is 0.0673 e. The van der Waals surface area contributed by atoms with Crippen molar-refractivity contribution in [1.82, 2.24) is 0 Å². The quantitative estimate of drug-likeness (QED) is 0.568. The second kappa shape index (κ2) is 5.71. The predicted molar refractivity (Wildman–Crippen MR) is 111 cm³/mol. The zero-order valence-electron chi connectivity index (χ0n) is 17.0. The summed E-state index contributed by atoms with van der Waals surface area (Å²) in [6.45, 7) is 13.8. The van der Waals surface area contributed by atoms with Crippen LogP contribution in [0.15, 0.2) is 71.3 Å². The van der Waals surface area contributed by atoms with E-state index in [9.17, 15) is 0 Å². The second-order valence-electron chi connectivity index (χ2n) is 9.12. The molecule has 0 spiro atoms. The van der Waals surface area contributed by atoms with E-state index in [-0.39, 0.29) is 10.8 Å². The van der Waals surface area contributed by atoms with Crippen molar-refractivity contribution in [1.29, 1.82) is 0 Å². The summed E-state index contributed by atoms with van der Waals surface area (Å²) in [4.78, 5) is 0. The van der Waals surface area contributed by atoms with E-state index in [2.05, 4.69) is 96.1 Å². The zero-order valence-corrected chi connectivity index (χ0v) is 17.0. The number of rotatable bonds is 3. The van der Waals surface area contributed by atoms with Crippen LogP contribution in [0.5, 0.6) is 0 Å². The summed E-state index contributed by atoms with van der Waals surface area (Å²) in [7, 11) is 0. The Hall–Kier alpha value is -2.08. The molecule has 2 aromatic rings. The lowest BCUT2D eigenvalue weighted by Crippen LogP contribution is -2.43. The van der Waals surface area contributed by atoms with Gasteiger partial charge in [-0.25, -0.2) is 0 Å². The molecule has 1 unspecified atom stereocenters. The van der Waals surface area contributed by atoms with Gasteiger partial charge >= 0.3 is 0 Å². The van der Waals surface area contributed by atoms with Crippen molar-refractivity contribution in [3.63, 3.8) is 0 Å². The molecule has 2 aromatic carbocycles. The molecule has 0 nitrogen and oxygen atoms in total. The van der Waals surface area contributed by atoms with E-state index in [1.54, 1.807) is 16.7 Å². The van der Waals surface area contributed by atoms with E-state index in [1.807, 2.05) is 0 Å². The van der Waals surface area contributed by atoms with Gasteiger partial charge in [0.15, 0.2) is 0 Å². The minimum atomic E-state index is -0.0370. The maximum absolute atomic E-state index is 2.57. The van der Waals surface area contributed by atoms with Crippen LogP contribution < -0.4 is 0 Å². The summed E-state index contributed by atoms with van der Waals surface area (Å²) in [6, 6.07) is 18.5. The average Bonchev–Trinajstić information content (AvgIpc) is 3.14. The molecule has 0 heteroatoms. The first-order valence-electron chi connectivity index (χ1n) is 9.92. The highest BCUT2D eigenvalue weighted by Crippen LogP contribution is 2.68. The number of benzene rings is 2. The van der Waals surface area contributed by atoms with Crippen molar-refractivity contribution in [2.75, 3.05) is 0 Å². The van der Waals surface area contributed by atoms with Crippen LogP contribution in [0.3, 0.4) is 0 Å². The van der Waals surface area contributed by atoms with Crippen molar-refractivity contribution in [2.45, 2.75) is 53.4 Å². The summed E-state index contributed by atoms with van der Waals surface area (Å²) < 4.78 is 0. The fraction of sp³-hybridized carbons (Fsp3) is 0.385. The summed E-state index contributed by atoms with van der Waals surface area (Å²) in [5, 5.41) is 0. The lowest BCUT2D eigenvalue weighted by atomic mass is 9.51. The fourth-order valence-corrected chi connectivity index (χ4v) is 5.08. The van der Waals surface area contributed by atoms with Gasteiger partial charge in [-0.3, -0.25) is 0 Å². The molecule has 0 amide bonds. The molecule has 0 fully saturated rings. The molecule has 0 saturated carbocycles. The fourth-order valence-electron chi connectivity index (χ4n) is 5.08. The number of hydrogen-bond acceptors (Lipinski definition) is 0. The van der Waals surface area contributed by atoms with Crippen LogP contribution in [-0.4, -0.2) is 0 Å². The van der Waals surface area contributed by atoms with Crippen LogP contribution >= 0.6 is 0 Å². The van der Waals surface area contributed by atoms with E-state index >= 15 is 0 Å². The average molecular weight is 343 g/mol. The van der Waals surface area contributed by atoms with Gasteiger partial charge in [0.05, 0.1) is 5.41 Å². The standard InChI is InChI=1S/C26H30/c1-7-19-16-22-24(25(4,5)6)23(19)26(22,20-12-8-17(2)9-13-20)21-14-10-18(3)11-15-21/h8-16,19H,7H2,1-6H3. The Morgan fingerprint density at radius 1 is 0.808 bits per heavy atom. The van der Waals surface area contributed by atoms with E-state index in [1.165, 1.54) is 28.7 Å². The Balaban J connectivity index is 2.01. The second-order valence-corrected chi connectivity index (χ2v) is 9.12. The molecule has 5 rings (SSSR count). The molecule has 134 valence electrons. The van der Waals surface area contributed by atoms with Gasteiger partial charge in [-0.15, -0.1) is 0 Å². The highest BCUT2D eigenvalue weighted by molar-refractivity contribution is 5.78. The van der Waals surface area contributed by atoms with Crippen LogP contribution in [-0.2, 0) is 5.41 Å². The number of fused-ring (bicyclic) bond motifs is 1. The first-order chi connectivity index (χ1) is 12.3. The SMILES string of the molecule is CCC1C=C2C(C(C)(C)C)=C1C2(c1ccc(C)cc1)c1ccc(C)cc1. The first-order valence-corrected chi connectivity index (χ1v) is 9.92. The van der Waals surface area contributed by atoms with Gasteiger partial charge in [-0.2, -0.15) is 0 Å². The third-order valence-electron chi connectivity index (χ3n) is 6.24. The molecule has 0 N–H and O–H groups in total. The third kappa shape index (κ3) is 2.21. The Kier molecular flexibility index (Phi) is 3.81. The number of allylic oxidation sites excluding steroid dienone is 4. The summed E-state index contributed by atoms with van der Waals surface area (Å²) in [6.07, 6.45) is 3.74. The zero-order chi connectivity index (χ0) is 18.7. The molecule has 0 heterocycles. The molecule has 0 saturated heterocycles. The van der Waals surface area contributed by atoms with Crippen LogP contribution in [0.1, 0.15) is 56.4 Å². The number of hydrogen-bond donors (Lipinski definition) is 0. The van der Waals surface area contributed by atoms with Crippen molar-refractivity contribution in [2.24, 2.45) is 11.3 Å². The van der Waals surface area contributed by atoms with Gasteiger partial charge in [0.2, 0.25) is 0 Å². The maximum atomic E-state index is 2.57. The third-order valence-corrected chi connectivity index (χ3v) is 6.24. The lowest BCUT2D eigenvalue weighted by Gasteiger charge is -2.51. The highest BCUT2D eigenvalue weighted by Gasteiger charge is 2.59. The van der Waals surface area contributed by atoms with Gasteiger partial charge in [-0.1, -0.05) is 93.4 Å².